The number of nitrogens with zero attached hydrogens (tertiary/aromatic N) is 2. The number of hydrogen-bond acceptors (Lipinski definition) is 5. The number of ether oxygens (including phenoxy) is 1. The van der Waals surface area contributed by atoms with Gasteiger partial charge in [0.2, 0.25) is 5.91 Å². The molecule has 0 fully saturated rings. The summed E-state index contributed by atoms with van der Waals surface area (Å²) in [5.74, 6) is 0.702. The molecule has 0 aliphatic heterocycles. The number of benzene rings is 3. The molecule has 1 heterocycles. The molecule has 0 aliphatic rings. The Morgan fingerprint density at radius 3 is 2.62 bits per heavy atom. The number of hydrogen-bond donors (Lipinski definition) is 1. The SMILES string of the molecule is COc1cccc(-n2c(SCC(=O)N[C@@H](C)CCc3ccccc3)nc3ccccc3c2=O)c1. The van der Waals surface area contributed by atoms with Crippen molar-refractivity contribution in [3.63, 3.8) is 0 Å². The average molecular weight is 474 g/mol. The van der Waals surface area contributed by atoms with E-state index in [4.69, 9.17) is 9.72 Å². The Kier molecular flexibility index (Phi) is 7.65. The summed E-state index contributed by atoms with van der Waals surface area (Å²) in [5, 5.41) is 4.04. The molecule has 1 N–H and O–H groups in total. The van der Waals surface area contributed by atoms with E-state index in [9.17, 15) is 9.59 Å². The fraction of sp³-hybridized carbons (Fsp3) is 0.222. The minimum Gasteiger partial charge on any atom is -0.497 e. The van der Waals surface area contributed by atoms with Crippen LogP contribution in [0.2, 0.25) is 0 Å². The first-order chi connectivity index (χ1) is 16.5. The van der Waals surface area contributed by atoms with Gasteiger partial charge in [-0.15, -0.1) is 0 Å². The molecule has 0 radical (unpaired) electrons. The Balaban J connectivity index is 1.51. The first-order valence-corrected chi connectivity index (χ1v) is 12.2. The van der Waals surface area contributed by atoms with Crippen molar-refractivity contribution in [1.82, 2.24) is 14.9 Å². The molecule has 1 amide bonds. The Morgan fingerprint density at radius 2 is 1.82 bits per heavy atom. The molecule has 7 heteroatoms. The number of aryl methyl sites for hydroxylation is 1. The minimum absolute atomic E-state index is 0.0402. The zero-order valence-electron chi connectivity index (χ0n) is 19.2. The van der Waals surface area contributed by atoms with Gasteiger partial charge in [-0.2, -0.15) is 0 Å². The molecule has 174 valence electrons. The van der Waals surface area contributed by atoms with Crippen LogP contribution < -0.4 is 15.6 Å². The molecule has 1 atom stereocenters. The number of para-hydroxylation sites is 1. The first-order valence-electron chi connectivity index (χ1n) is 11.2. The largest absolute Gasteiger partial charge is 0.497 e. The molecule has 4 aromatic rings. The monoisotopic (exact) mass is 473 g/mol. The van der Waals surface area contributed by atoms with Gasteiger partial charge in [0.25, 0.3) is 5.56 Å². The molecule has 0 saturated heterocycles. The second kappa shape index (κ2) is 11.0. The van der Waals surface area contributed by atoms with Gasteiger partial charge in [0.1, 0.15) is 5.75 Å². The first kappa shape index (κ1) is 23.6. The van der Waals surface area contributed by atoms with Crippen LogP contribution >= 0.6 is 11.8 Å². The summed E-state index contributed by atoms with van der Waals surface area (Å²) in [7, 11) is 1.58. The lowest BCUT2D eigenvalue weighted by Crippen LogP contribution is -2.34. The highest BCUT2D eigenvalue weighted by atomic mass is 32.2. The van der Waals surface area contributed by atoms with Crippen molar-refractivity contribution in [3.05, 3.63) is 94.8 Å². The molecule has 4 rings (SSSR count). The van der Waals surface area contributed by atoms with Crippen LogP contribution in [0.3, 0.4) is 0 Å². The second-order valence-electron chi connectivity index (χ2n) is 8.04. The second-order valence-corrected chi connectivity index (χ2v) is 8.98. The summed E-state index contributed by atoms with van der Waals surface area (Å²) in [6.45, 7) is 2.01. The Hall–Kier alpha value is -3.58. The van der Waals surface area contributed by atoms with Gasteiger partial charge in [-0.05, 0) is 49.6 Å². The lowest BCUT2D eigenvalue weighted by molar-refractivity contribution is -0.119. The molecule has 0 spiro atoms. The van der Waals surface area contributed by atoms with Crippen molar-refractivity contribution in [2.45, 2.75) is 31.0 Å². The van der Waals surface area contributed by atoms with Gasteiger partial charge in [0.05, 0.1) is 29.5 Å². The van der Waals surface area contributed by atoms with Crippen LogP contribution in [0.1, 0.15) is 18.9 Å². The average Bonchev–Trinajstić information content (AvgIpc) is 2.87. The van der Waals surface area contributed by atoms with Crippen molar-refractivity contribution in [1.29, 1.82) is 0 Å². The highest BCUT2D eigenvalue weighted by Gasteiger charge is 2.16. The molecule has 34 heavy (non-hydrogen) atoms. The highest BCUT2D eigenvalue weighted by Crippen LogP contribution is 2.23. The maximum Gasteiger partial charge on any atom is 0.266 e. The topological polar surface area (TPSA) is 73.2 Å². The summed E-state index contributed by atoms with van der Waals surface area (Å²) in [5.41, 5.74) is 2.31. The molecule has 0 saturated carbocycles. The third-order valence-electron chi connectivity index (χ3n) is 5.51. The van der Waals surface area contributed by atoms with Gasteiger partial charge in [-0.1, -0.05) is 60.3 Å². The van der Waals surface area contributed by atoms with Crippen LogP contribution in [0, 0.1) is 0 Å². The summed E-state index contributed by atoms with van der Waals surface area (Å²) >= 11 is 1.25. The van der Waals surface area contributed by atoms with Gasteiger partial charge >= 0.3 is 0 Å². The van der Waals surface area contributed by atoms with Crippen LogP contribution in [0.4, 0.5) is 0 Å². The number of aromatic nitrogens is 2. The van der Waals surface area contributed by atoms with Crippen molar-refractivity contribution in [2.24, 2.45) is 0 Å². The number of carbonyl (C=O) groups excluding carboxylic acids is 1. The third-order valence-corrected chi connectivity index (χ3v) is 6.44. The van der Waals surface area contributed by atoms with E-state index >= 15 is 0 Å². The van der Waals surface area contributed by atoms with Gasteiger partial charge in [-0.3, -0.25) is 14.2 Å². The van der Waals surface area contributed by atoms with E-state index in [1.54, 1.807) is 23.8 Å². The maximum absolute atomic E-state index is 13.4. The molecule has 0 bridgehead atoms. The Bertz CT molecular complexity index is 1340. The fourth-order valence-corrected chi connectivity index (χ4v) is 4.56. The number of amides is 1. The number of nitrogens with one attached hydrogen (secondary N) is 1. The van der Waals surface area contributed by atoms with Gasteiger partial charge < -0.3 is 10.1 Å². The van der Waals surface area contributed by atoms with Gasteiger partial charge in [0, 0.05) is 12.1 Å². The smallest absolute Gasteiger partial charge is 0.266 e. The van der Waals surface area contributed by atoms with E-state index < -0.39 is 0 Å². The molecular weight excluding hydrogens is 446 g/mol. The lowest BCUT2D eigenvalue weighted by Gasteiger charge is -2.16. The zero-order chi connectivity index (χ0) is 23.9. The van der Waals surface area contributed by atoms with Crippen molar-refractivity contribution < 1.29 is 9.53 Å². The van der Waals surface area contributed by atoms with E-state index in [1.807, 2.05) is 61.5 Å². The lowest BCUT2D eigenvalue weighted by atomic mass is 10.1. The number of carbonyl (C=O) groups is 1. The van der Waals surface area contributed by atoms with Crippen LogP contribution in [0.5, 0.6) is 5.75 Å². The molecule has 6 nitrogen and oxygen atoms in total. The standard InChI is InChI=1S/C27H27N3O3S/c1-19(15-16-20-9-4-3-5-10-20)28-25(31)18-34-27-29-24-14-7-6-13-23(24)26(32)30(27)21-11-8-12-22(17-21)33-2/h3-14,17,19H,15-16,18H2,1-2H3,(H,28,31)/t19-/m0/s1. The van der Waals surface area contributed by atoms with Crippen LogP contribution in [0.15, 0.2) is 88.8 Å². The van der Waals surface area contributed by atoms with Crippen LogP contribution in [-0.4, -0.2) is 34.4 Å². The molecule has 1 aromatic heterocycles. The highest BCUT2D eigenvalue weighted by molar-refractivity contribution is 7.99. The minimum atomic E-state index is -0.182. The van der Waals surface area contributed by atoms with Crippen molar-refractivity contribution >= 4 is 28.6 Å². The van der Waals surface area contributed by atoms with E-state index in [1.165, 1.54) is 17.3 Å². The molecule has 0 unspecified atom stereocenters. The summed E-state index contributed by atoms with van der Waals surface area (Å²) < 4.78 is 6.88. The zero-order valence-corrected chi connectivity index (χ0v) is 20.0. The normalized spacial score (nSPS) is 11.8. The van der Waals surface area contributed by atoms with E-state index in [2.05, 4.69) is 17.4 Å². The molecule has 0 aliphatic carbocycles. The predicted molar refractivity (Wildman–Crippen MR) is 137 cm³/mol. The number of rotatable bonds is 9. The quantitative estimate of drug-likeness (QED) is 0.284. The van der Waals surface area contributed by atoms with Gasteiger partial charge in [-0.25, -0.2) is 4.98 Å². The van der Waals surface area contributed by atoms with E-state index in [0.29, 0.717) is 27.5 Å². The fourth-order valence-electron chi connectivity index (χ4n) is 3.73. The number of fused-ring (bicyclic) bond motifs is 1. The Morgan fingerprint density at radius 1 is 1.06 bits per heavy atom. The van der Waals surface area contributed by atoms with Crippen LogP contribution in [0.25, 0.3) is 16.6 Å². The van der Waals surface area contributed by atoms with Crippen LogP contribution in [-0.2, 0) is 11.2 Å². The number of thioether (sulfide) groups is 1. The van der Waals surface area contributed by atoms with Crippen molar-refractivity contribution in [2.75, 3.05) is 12.9 Å². The molecular formula is C27H27N3O3S. The summed E-state index contributed by atoms with van der Waals surface area (Å²) in [6.07, 6.45) is 1.75. The Labute approximate surface area is 203 Å². The third kappa shape index (κ3) is 5.66. The molecule has 3 aromatic carbocycles. The summed E-state index contributed by atoms with van der Waals surface area (Å²) in [6, 6.07) is 24.8. The van der Waals surface area contributed by atoms with E-state index in [-0.39, 0.29) is 23.3 Å². The van der Waals surface area contributed by atoms with Gasteiger partial charge in [0.15, 0.2) is 5.16 Å². The summed E-state index contributed by atoms with van der Waals surface area (Å²) in [4.78, 5) is 30.7. The van der Waals surface area contributed by atoms with Crippen molar-refractivity contribution in [3.8, 4) is 11.4 Å². The number of methoxy groups -OCH3 is 1. The predicted octanol–water partition coefficient (Wildman–Crippen LogP) is 4.62. The maximum atomic E-state index is 13.4. The van der Waals surface area contributed by atoms with E-state index in [0.717, 1.165) is 12.8 Å².